The number of fused-ring (bicyclic) bond motifs is 3. The molecule has 1 unspecified atom stereocenters. The molecule has 0 saturated carbocycles. The van der Waals surface area contributed by atoms with Gasteiger partial charge in [0, 0.05) is 16.8 Å². The Labute approximate surface area is 208 Å². The molecule has 0 bridgehead atoms. The zero-order valence-electron chi connectivity index (χ0n) is 20.7. The minimum Gasteiger partial charge on any atom is -0.356 e. The van der Waals surface area contributed by atoms with Crippen molar-refractivity contribution in [3.05, 3.63) is 126 Å². The fraction of sp³-hybridized carbons (Fsp3) is 0.176. The smallest absolute Gasteiger partial charge is 0.0384 e. The van der Waals surface area contributed by atoms with E-state index < -0.39 is 0 Å². The number of hydrogen-bond acceptors (Lipinski definition) is 1. The Morgan fingerprint density at radius 3 is 1.83 bits per heavy atom. The molecular weight excluding hydrogens is 422 g/mol. The fourth-order valence-corrected chi connectivity index (χ4v) is 5.46. The lowest BCUT2D eigenvalue weighted by molar-refractivity contribution is 0.661. The van der Waals surface area contributed by atoms with Crippen molar-refractivity contribution in [3.63, 3.8) is 0 Å². The van der Waals surface area contributed by atoms with Crippen molar-refractivity contribution in [2.75, 3.05) is 5.32 Å². The molecule has 0 aromatic heterocycles. The van der Waals surface area contributed by atoms with Crippen molar-refractivity contribution in [1.29, 1.82) is 0 Å². The molecule has 1 atom stereocenters. The Morgan fingerprint density at radius 2 is 1.26 bits per heavy atom. The Hall–Kier alpha value is -3.84. The Bertz CT molecular complexity index is 1450. The third kappa shape index (κ3) is 3.91. The van der Waals surface area contributed by atoms with Gasteiger partial charge in [-0.05, 0) is 87.2 Å². The summed E-state index contributed by atoms with van der Waals surface area (Å²) in [5, 5.41) is 3.54. The van der Waals surface area contributed by atoms with E-state index in [1.54, 1.807) is 0 Å². The quantitative estimate of drug-likeness (QED) is 0.325. The lowest BCUT2D eigenvalue weighted by Crippen LogP contribution is -2.15. The number of nitrogens with one attached hydrogen (secondary N) is 1. The van der Waals surface area contributed by atoms with E-state index in [1.165, 1.54) is 50.2 Å². The second-order valence-corrected chi connectivity index (χ2v) is 10.4. The van der Waals surface area contributed by atoms with Crippen LogP contribution in [0.5, 0.6) is 0 Å². The Kier molecular flexibility index (Phi) is 5.22. The van der Waals surface area contributed by atoms with E-state index in [4.69, 9.17) is 0 Å². The van der Waals surface area contributed by atoms with Gasteiger partial charge in [-0.3, -0.25) is 0 Å². The minimum absolute atomic E-state index is 0.0378. The molecule has 2 aliphatic carbocycles. The van der Waals surface area contributed by atoms with Gasteiger partial charge >= 0.3 is 0 Å². The molecule has 6 rings (SSSR count). The number of rotatable bonds is 4. The summed E-state index contributed by atoms with van der Waals surface area (Å²) in [6, 6.07) is 33.4. The van der Waals surface area contributed by atoms with Gasteiger partial charge in [-0.15, -0.1) is 0 Å². The van der Waals surface area contributed by atoms with Crippen LogP contribution in [0.1, 0.15) is 38.3 Å². The molecule has 1 heteroatoms. The maximum absolute atomic E-state index is 3.54. The lowest BCUT2D eigenvalue weighted by Gasteiger charge is -2.22. The molecule has 1 nitrogen and oxygen atoms in total. The summed E-state index contributed by atoms with van der Waals surface area (Å²) in [5.41, 5.74) is 12.9. The predicted molar refractivity (Wildman–Crippen MR) is 150 cm³/mol. The van der Waals surface area contributed by atoms with E-state index in [2.05, 4.69) is 135 Å². The van der Waals surface area contributed by atoms with E-state index in [0.717, 1.165) is 12.1 Å². The average Bonchev–Trinajstić information content (AvgIpc) is 3.12. The first-order valence-electron chi connectivity index (χ1n) is 12.6. The summed E-state index contributed by atoms with van der Waals surface area (Å²) in [7, 11) is 0. The van der Waals surface area contributed by atoms with Gasteiger partial charge in [0.1, 0.15) is 0 Å². The zero-order valence-corrected chi connectivity index (χ0v) is 20.7. The Balaban J connectivity index is 1.29. The van der Waals surface area contributed by atoms with Crippen molar-refractivity contribution in [1.82, 2.24) is 0 Å². The second kappa shape index (κ2) is 8.43. The van der Waals surface area contributed by atoms with Gasteiger partial charge in [0.25, 0.3) is 0 Å². The molecule has 35 heavy (non-hydrogen) atoms. The van der Waals surface area contributed by atoms with Gasteiger partial charge in [0.15, 0.2) is 0 Å². The summed E-state index contributed by atoms with van der Waals surface area (Å²) < 4.78 is 0. The average molecular weight is 454 g/mol. The first-order valence-corrected chi connectivity index (χ1v) is 12.6. The summed E-state index contributed by atoms with van der Waals surface area (Å²) in [5.74, 6) is 0.628. The molecular formula is C34H31N. The van der Waals surface area contributed by atoms with Crippen LogP contribution in [0.2, 0.25) is 0 Å². The molecule has 0 fully saturated rings. The first kappa shape index (κ1) is 21.7. The van der Waals surface area contributed by atoms with Gasteiger partial charge in [0.05, 0.1) is 0 Å². The molecule has 0 saturated heterocycles. The van der Waals surface area contributed by atoms with E-state index in [-0.39, 0.29) is 5.41 Å². The van der Waals surface area contributed by atoms with Crippen LogP contribution in [0.15, 0.2) is 115 Å². The largest absolute Gasteiger partial charge is 0.356 e. The third-order valence-corrected chi connectivity index (χ3v) is 7.60. The van der Waals surface area contributed by atoms with Crippen LogP contribution in [0, 0.1) is 5.92 Å². The van der Waals surface area contributed by atoms with Crippen molar-refractivity contribution in [2.24, 2.45) is 5.92 Å². The van der Waals surface area contributed by atoms with E-state index in [1.807, 2.05) is 0 Å². The Morgan fingerprint density at radius 1 is 0.686 bits per heavy atom. The van der Waals surface area contributed by atoms with Crippen molar-refractivity contribution in [2.45, 2.75) is 32.6 Å². The molecule has 1 N–H and O–H groups in total. The number of benzene rings is 4. The fourth-order valence-electron chi connectivity index (χ4n) is 5.46. The van der Waals surface area contributed by atoms with Crippen LogP contribution >= 0.6 is 0 Å². The van der Waals surface area contributed by atoms with Gasteiger partial charge in [-0.1, -0.05) is 99.7 Å². The zero-order chi connectivity index (χ0) is 24.0. The minimum atomic E-state index is -0.0378. The van der Waals surface area contributed by atoms with Crippen LogP contribution in [0.25, 0.3) is 33.4 Å². The van der Waals surface area contributed by atoms with Gasteiger partial charge < -0.3 is 5.32 Å². The van der Waals surface area contributed by atoms with Crippen LogP contribution < -0.4 is 5.32 Å². The lowest BCUT2D eigenvalue weighted by atomic mass is 9.81. The van der Waals surface area contributed by atoms with Crippen LogP contribution in [-0.4, -0.2) is 0 Å². The number of allylic oxidation sites excluding steroid dienone is 3. The predicted octanol–water partition coefficient (Wildman–Crippen LogP) is 9.22. The molecule has 0 amide bonds. The topological polar surface area (TPSA) is 12.0 Å². The van der Waals surface area contributed by atoms with Crippen molar-refractivity contribution < 1.29 is 0 Å². The van der Waals surface area contributed by atoms with Crippen LogP contribution in [0.4, 0.5) is 5.69 Å². The molecule has 2 aliphatic rings. The highest BCUT2D eigenvalue weighted by molar-refractivity contribution is 5.85. The normalized spacial score (nSPS) is 17.5. The summed E-state index contributed by atoms with van der Waals surface area (Å²) in [6.07, 6.45) is 7.83. The van der Waals surface area contributed by atoms with Crippen molar-refractivity contribution in [3.8, 4) is 33.4 Å². The van der Waals surface area contributed by atoms with E-state index >= 15 is 0 Å². The molecule has 0 heterocycles. The standard InChI is InChI=1S/C34H31N/c1-23-9-15-28(16-10-23)35-29-17-11-25(12-18-29)27-14-20-31-30-19-13-26(24-7-5-4-6-8-24)21-32(30)34(2,3)33(31)22-27/h4-9,11-23,35H,10H2,1-3H3. The van der Waals surface area contributed by atoms with Crippen LogP contribution in [0.3, 0.4) is 0 Å². The highest BCUT2D eigenvalue weighted by Crippen LogP contribution is 2.50. The second-order valence-electron chi connectivity index (χ2n) is 10.4. The molecule has 4 aromatic rings. The van der Waals surface area contributed by atoms with Gasteiger partial charge in [-0.2, -0.15) is 0 Å². The molecule has 0 aliphatic heterocycles. The molecule has 0 radical (unpaired) electrons. The third-order valence-electron chi connectivity index (χ3n) is 7.60. The SMILES string of the molecule is CC1C=CC(Nc2ccc(-c3ccc4c(c3)C(C)(C)c3cc(-c5ccccc5)ccc3-4)cc2)=CC1. The molecule has 0 spiro atoms. The number of anilines is 1. The van der Waals surface area contributed by atoms with Gasteiger partial charge in [0.2, 0.25) is 0 Å². The maximum atomic E-state index is 3.54. The maximum Gasteiger partial charge on any atom is 0.0384 e. The molecule has 172 valence electrons. The van der Waals surface area contributed by atoms with E-state index in [9.17, 15) is 0 Å². The van der Waals surface area contributed by atoms with E-state index in [0.29, 0.717) is 5.92 Å². The summed E-state index contributed by atoms with van der Waals surface area (Å²) in [6.45, 7) is 6.96. The summed E-state index contributed by atoms with van der Waals surface area (Å²) in [4.78, 5) is 0. The van der Waals surface area contributed by atoms with Crippen molar-refractivity contribution >= 4 is 5.69 Å². The first-order chi connectivity index (χ1) is 17.0. The van der Waals surface area contributed by atoms with Gasteiger partial charge in [-0.25, -0.2) is 0 Å². The highest BCUT2D eigenvalue weighted by Gasteiger charge is 2.35. The monoisotopic (exact) mass is 453 g/mol. The summed E-state index contributed by atoms with van der Waals surface area (Å²) >= 11 is 0. The highest BCUT2D eigenvalue weighted by atomic mass is 14.9. The number of hydrogen-bond donors (Lipinski definition) is 1. The van der Waals surface area contributed by atoms with Crippen LogP contribution in [-0.2, 0) is 5.41 Å². The molecule has 4 aromatic carbocycles.